The highest BCUT2D eigenvalue weighted by molar-refractivity contribution is 9.10. The lowest BCUT2D eigenvalue weighted by Crippen LogP contribution is -2.19. The molecule has 2 heterocycles. The van der Waals surface area contributed by atoms with Crippen molar-refractivity contribution < 1.29 is 4.74 Å². The molecule has 134 valence electrons. The van der Waals surface area contributed by atoms with Crippen molar-refractivity contribution >= 4 is 45.7 Å². The molecule has 0 amide bonds. The standard InChI is InChI=1S/C19H19BrN2O2SSi/c1-5-24-19-21-17-16(25-19)12-15(20)18(23)22(17)14-8-6-13(7-9-14)10-11-26(2,3)4/h6-9,12H,5H2,1-4H3. The molecule has 2 aromatic heterocycles. The fourth-order valence-corrected chi connectivity index (χ4v) is 4.30. The maximum atomic E-state index is 12.7. The molecule has 26 heavy (non-hydrogen) atoms. The lowest BCUT2D eigenvalue weighted by Gasteiger charge is -2.08. The van der Waals surface area contributed by atoms with Crippen molar-refractivity contribution in [3.63, 3.8) is 0 Å². The van der Waals surface area contributed by atoms with Gasteiger partial charge in [0.25, 0.3) is 10.8 Å². The predicted molar refractivity (Wildman–Crippen MR) is 114 cm³/mol. The number of benzene rings is 1. The van der Waals surface area contributed by atoms with Crippen LogP contribution in [0.5, 0.6) is 5.19 Å². The number of aromatic nitrogens is 2. The van der Waals surface area contributed by atoms with Gasteiger partial charge in [-0.1, -0.05) is 36.9 Å². The predicted octanol–water partition coefficient (Wildman–Crippen LogP) is 4.84. The summed E-state index contributed by atoms with van der Waals surface area (Å²) in [5, 5.41) is 0.561. The topological polar surface area (TPSA) is 44.1 Å². The molecule has 0 bridgehead atoms. The van der Waals surface area contributed by atoms with Crippen molar-refractivity contribution in [2.24, 2.45) is 0 Å². The number of rotatable bonds is 3. The van der Waals surface area contributed by atoms with E-state index in [4.69, 9.17) is 4.74 Å². The summed E-state index contributed by atoms with van der Waals surface area (Å²) in [5.74, 6) is 3.23. The number of hydrogen-bond acceptors (Lipinski definition) is 4. The molecule has 7 heteroatoms. The molecule has 4 nitrogen and oxygen atoms in total. The molecule has 0 saturated heterocycles. The quantitative estimate of drug-likeness (QED) is 0.427. The van der Waals surface area contributed by atoms with E-state index in [1.807, 2.05) is 31.2 Å². The van der Waals surface area contributed by atoms with Gasteiger partial charge in [0.05, 0.1) is 21.5 Å². The number of nitrogens with zero attached hydrogens (tertiary/aromatic N) is 2. The summed E-state index contributed by atoms with van der Waals surface area (Å²) >= 11 is 4.79. The van der Waals surface area contributed by atoms with Gasteiger partial charge in [-0.2, -0.15) is 4.98 Å². The maximum Gasteiger partial charge on any atom is 0.275 e. The van der Waals surface area contributed by atoms with E-state index in [0.29, 0.717) is 21.9 Å². The van der Waals surface area contributed by atoms with Crippen LogP contribution in [0.2, 0.25) is 19.6 Å². The van der Waals surface area contributed by atoms with Crippen LogP contribution in [0.1, 0.15) is 12.5 Å². The average Bonchev–Trinajstić information content (AvgIpc) is 2.96. The zero-order chi connectivity index (χ0) is 18.9. The van der Waals surface area contributed by atoms with Gasteiger partial charge < -0.3 is 4.74 Å². The van der Waals surface area contributed by atoms with Crippen LogP contribution in [0.4, 0.5) is 0 Å². The van der Waals surface area contributed by atoms with E-state index in [1.54, 1.807) is 10.6 Å². The van der Waals surface area contributed by atoms with Crippen LogP contribution in [0.3, 0.4) is 0 Å². The Labute approximate surface area is 166 Å². The fourth-order valence-electron chi connectivity index (χ4n) is 2.32. The summed E-state index contributed by atoms with van der Waals surface area (Å²) in [6, 6.07) is 9.49. The van der Waals surface area contributed by atoms with Gasteiger partial charge in [0.2, 0.25) is 0 Å². The second-order valence-electron chi connectivity index (χ2n) is 6.78. The summed E-state index contributed by atoms with van der Waals surface area (Å²) < 4.78 is 8.50. The Morgan fingerprint density at radius 2 is 1.96 bits per heavy atom. The molecule has 0 saturated carbocycles. The molecule has 0 spiro atoms. The lowest BCUT2D eigenvalue weighted by molar-refractivity contribution is 0.339. The molecule has 3 rings (SSSR count). The molecule has 0 fully saturated rings. The van der Waals surface area contributed by atoms with Crippen LogP contribution in [0.25, 0.3) is 16.0 Å². The molecule has 0 aliphatic heterocycles. The molecule has 0 aliphatic rings. The number of halogens is 1. The first kappa shape index (κ1) is 18.9. The molecule has 0 radical (unpaired) electrons. The minimum absolute atomic E-state index is 0.146. The van der Waals surface area contributed by atoms with Crippen molar-refractivity contribution in [1.29, 1.82) is 0 Å². The van der Waals surface area contributed by atoms with E-state index in [-0.39, 0.29) is 5.56 Å². The molecule has 0 N–H and O–H groups in total. The average molecular weight is 447 g/mol. The van der Waals surface area contributed by atoms with Gasteiger partial charge in [-0.15, -0.1) is 5.54 Å². The van der Waals surface area contributed by atoms with Gasteiger partial charge in [-0.3, -0.25) is 9.36 Å². The second kappa shape index (κ2) is 7.39. The van der Waals surface area contributed by atoms with Crippen LogP contribution in [0, 0.1) is 11.5 Å². The second-order valence-corrected chi connectivity index (χ2v) is 13.4. The summed E-state index contributed by atoms with van der Waals surface area (Å²) in [5.41, 5.74) is 5.51. The zero-order valence-electron chi connectivity index (χ0n) is 15.1. The number of pyridine rings is 1. The highest BCUT2D eigenvalue weighted by atomic mass is 79.9. The largest absolute Gasteiger partial charge is 0.470 e. The summed E-state index contributed by atoms with van der Waals surface area (Å²) in [6.45, 7) is 9.09. The van der Waals surface area contributed by atoms with E-state index < -0.39 is 8.07 Å². The third-order valence-corrected chi connectivity index (χ3v) is 5.81. The number of fused-ring (bicyclic) bond motifs is 1. The monoisotopic (exact) mass is 446 g/mol. The third kappa shape index (κ3) is 4.09. The van der Waals surface area contributed by atoms with Crippen LogP contribution >= 0.6 is 27.3 Å². The molecule has 0 atom stereocenters. The Bertz CT molecular complexity index is 1070. The van der Waals surface area contributed by atoms with Crippen molar-refractivity contribution in [2.45, 2.75) is 26.6 Å². The smallest absolute Gasteiger partial charge is 0.275 e. The van der Waals surface area contributed by atoms with E-state index in [9.17, 15) is 4.79 Å². The molecule has 0 unspecified atom stereocenters. The highest BCUT2D eigenvalue weighted by Gasteiger charge is 2.15. The minimum Gasteiger partial charge on any atom is -0.470 e. The van der Waals surface area contributed by atoms with Gasteiger partial charge in [0.15, 0.2) is 5.65 Å². The van der Waals surface area contributed by atoms with E-state index in [0.717, 1.165) is 16.0 Å². The van der Waals surface area contributed by atoms with Gasteiger partial charge in [-0.05, 0) is 53.2 Å². The lowest BCUT2D eigenvalue weighted by atomic mass is 10.2. The fraction of sp³-hybridized carbons (Fsp3) is 0.263. The van der Waals surface area contributed by atoms with Gasteiger partial charge in [0, 0.05) is 5.56 Å². The molecular formula is C19H19BrN2O2SSi. The third-order valence-electron chi connectivity index (χ3n) is 3.47. The van der Waals surface area contributed by atoms with E-state index in [1.165, 1.54) is 11.3 Å². The Morgan fingerprint density at radius 3 is 2.58 bits per heavy atom. The number of hydrogen-bond donors (Lipinski definition) is 0. The van der Waals surface area contributed by atoms with Crippen LogP contribution in [-0.2, 0) is 0 Å². The van der Waals surface area contributed by atoms with Crippen LogP contribution < -0.4 is 10.3 Å². The van der Waals surface area contributed by atoms with Gasteiger partial charge >= 0.3 is 0 Å². The maximum absolute atomic E-state index is 12.7. The molecule has 1 aromatic carbocycles. The van der Waals surface area contributed by atoms with Gasteiger partial charge in [0.1, 0.15) is 8.07 Å². The Hall–Kier alpha value is -1.88. The minimum atomic E-state index is -1.42. The van der Waals surface area contributed by atoms with Crippen LogP contribution in [-0.4, -0.2) is 24.2 Å². The SMILES string of the molecule is CCOc1nc2c(cc(Br)c(=O)n2-c2ccc(C#C[Si](C)(C)C)cc2)s1. The van der Waals surface area contributed by atoms with Gasteiger partial charge in [-0.25, -0.2) is 0 Å². The molecule has 0 aliphatic carbocycles. The summed E-state index contributed by atoms with van der Waals surface area (Å²) in [7, 11) is -1.42. The van der Waals surface area contributed by atoms with Crippen molar-refractivity contribution in [3.05, 3.63) is 50.7 Å². The van der Waals surface area contributed by atoms with Crippen molar-refractivity contribution in [1.82, 2.24) is 9.55 Å². The van der Waals surface area contributed by atoms with Crippen molar-refractivity contribution in [2.75, 3.05) is 6.61 Å². The zero-order valence-corrected chi connectivity index (χ0v) is 18.5. The van der Waals surface area contributed by atoms with Crippen LogP contribution in [0.15, 0.2) is 39.6 Å². The molecular weight excluding hydrogens is 428 g/mol. The highest BCUT2D eigenvalue weighted by Crippen LogP contribution is 2.30. The summed E-state index contributed by atoms with van der Waals surface area (Å²) in [4.78, 5) is 17.2. The Balaban J connectivity index is 2.10. The van der Waals surface area contributed by atoms with Crippen molar-refractivity contribution in [3.8, 4) is 22.3 Å². The Kier molecular flexibility index (Phi) is 5.37. The van der Waals surface area contributed by atoms with E-state index >= 15 is 0 Å². The number of thiazole rings is 1. The summed E-state index contributed by atoms with van der Waals surface area (Å²) in [6.07, 6.45) is 0. The number of ether oxygens (including phenoxy) is 1. The first-order valence-corrected chi connectivity index (χ1v) is 13.4. The first-order chi connectivity index (χ1) is 12.3. The Morgan fingerprint density at radius 1 is 1.27 bits per heavy atom. The first-order valence-electron chi connectivity index (χ1n) is 8.27. The van der Waals surface area contributed by atoms with E-state index in [2.05, 4.69) is 52.0 Å². The normalized spacial score (nSPS) is 11.3. The molecule has 3 aromatic rings.